The molecule has 0 fully saturated rings. The smallest absolute Gasteiger partial charge is 0.308 e. The zero-order valence-corrected chi connectivity index (χ0v) is 17.7. The van der Waals surface area contributed by atoms with Gasteiger partial charge >= 0.3 is 5.97 Å². The van der Waals surface area contributed by atoms with E-state index in [1.165, 1.54) is 6.92 Å². The second kappa shape index (κ2) is 9.45. The van der Waals surface area contributed by atoms with E-state index in [1.54, 1.807) is 12.1 Å². The molecule has 4 nitrogen and oxygen atoms in total. The number of rotatable bonds is 6. The maximum Gasteiger partial charge on any atom is 0.308 e. The van der Waals surface area contributed by atoms with Gasteiger partial charge in [-0.15, -0.1) is 0 Å². The molecular weight excluding hydrogens is 410 g/mol. The lowest BCUT2D eigenvalue weighted by atomic mass is 10.1. The maximum absolute atomic E-state index is 11.2. The van der Waals surface area contributed by atoms with E-state index in [0.717, 1.165) is 27.7 Å². The van der Waals surface area contributed by atoms with Crippen LogP contribution in [0.4, 0.5) is 0 Å². The van der Waals surface area contributed by atoms with Gasteiger partial charge in [0.1, 0.15) is 23.6 Å². The first-order chi connectivity index (χ1) is 15.1. The molecule has 0 amide bonds. The van der Waals surface area contributed by atoms with Gasteiger partial charge in [-0.3, -0.25) is 4.79 Å². The van der Waals surface area contributed by atoms with Crippen molar-refractivity contribution in [1.29, 1.82) is 0 Å². The van der Waals surface area contributed by atoms with E-state index in [0.29, 0.717) is 23.1 Å². The summed E-state index contributed by atoms with van der Waals surface area (Å²) < 4.78 is 11.2. The minimum absolute atomic E-state index is 0.346. The Morgan fingerprint density at radius 3 is 2.65 bits per heavy atom. The third kappa shape index (κ3) is 5.30. The van der Waals surface area contributed by atoms with Crippen LogP contribution >= 0.6 is 11.6 Å². The Morgan fingerprint density at radius 2 is 1.81 bits per heavy atom. The summed E-state index contributed by atoms with van der Waals surface area (Å²) in [6, 6.07) is 24.8. The highest BCUT2D eigenvalue weighted by atomic mass is 35.5. The van der Waals surface area contributed by atoms with Crippen molar-refractivity contribution in [1.82, 2.24) is 4.98 Å². The van der Waals surface area contributed by atoms with E-state index in [-0.39, 0.29) is 5.97 Å². The molecule has 5 heteroatoms. The number of hydrogen-bond acceptors (Lipinski definition) is 4. The molecule has 0 unspecified atom stereocenters. The third-order valence-corrected chi connectivity index (χ3v) is 4.98. The number of halogens is 1. The Bertz CT molecular complexity index is 1270. The van der Waals surface area contributed by atoms with Crippen LogP contribution in [0, 0.1) is 0 Å². The number of benzene rings is 3. The van der Waals surface area contributed by atoms with Crippen molar-refractivity contribution in [2.45, 2.75) is 13.5 Å². The maximum atomic E-state index is 11.2. The quantitative estimate of drug-likeness (QED) is 0.257. The van der Waals surface area contributed by atoms with E-state index in [2.05, 4.69) is 0 Å². The Hall–Kier alpha value is -3.63. The van der Waals surface area contributed by atoms with Crippen LogP contribution in [0.15, 0.2) is 78.9 Å². The molecule has 0 bridgehead atoms. The van der Waals surface area contributed by atoms with Crippen molar-refractivity contribution in [3.8, 4) is 11.5 Å². The van der Waals surface area contributed by atoms with Crippen LogP contribution in [-0.2, 0) is 11.4 Å². The van der Waals surface area contributed by atoms with E-state index < -0.39 is 0 Å². The minimum Gasteiger partial charge on any atom is -0.487 e. The molecule has 0 aliphatic carbocycles. The number of hydrogen-bond donors (Lipinski definition) is 0. The summed E-state index contributed by atoms with van der Waals surface area (Å²) in [5.74, 6) is 0.863. The van der Waals surface area contributed by atoms with Crippen LogP contribution in [-0.4, -0.2) is 11.0 Å². The highest BCUT2D eigenvalue weighted by Gasteiger charge is 2.06. The second-order valence-corrected chi connectivity index (χ2v) is 7.35. The largest absolute Gasteiger partial charge is 0.487 e. The van der Waals surface area contributed by atoms with Crippen molar-refractivity contribution < 1.29 is 14.3 Å². The number of nitrogens with zero attached hydrogens (tertiary/aromatic N) is 1. The molecule has 4 aromatic rings. The molecule has 0 radical (unpaired) electrons. The molecule has 0 atom stereocenters. The normalized spacial score (nSPS) is 11.0. The molecule has 0 aliphatic rings. The molecule has 31 heavy (non-hydrogen) atoms. The van der Waals surface area contributed by atoms with Crippen LogP contribution in [0.1, 0.15) is 23.7 Å². The molecule has 0 aliphatic heterocycles. The second-order valence-electron chi connectivity index (χ2n) is 6.94. The summed E-state index contributed by atoms with van der Waals surface area (Å²) in [4.78, 5) is 15.9. The lowest BCUT2D eigenvalue weighted by Crippen LogP contribution is -2.00. The van der Waals surface area contributed by atoms with Crippen LogP contribution in [0.25, 0.3) is 23.1 Å². The number of esters is 1. The molecule has 1 aromatic heterocycles. The van der Waals surface area contributed by atoms with E-state index in [9.17, 15) is 4.79 Å². The van der Waals surface area contributed by atoms with Crippen LogP contribution in [0.5, 0.6) is 11.5 Å². The minimum atomic E-state index is -0.346. The Morgan fingerprint density at radius 1 is 0.968 bits per heavy atom. The van der Waals surface area contributed by atoms with Crippen molar-refractivity contribution in [2.24, 2.45) is 0 Å². The van der Waals surface area contributed by atoms with Gasteiger partial charge < -0.3 is 9.47 Å². The van der Waals surface area contributed by atoms with Gasteiger partial charge in [0.2, 0.25) is 0 Å². The molecule has 4 rings (SSSR count). The first-order valence-electron chi connectivity index (χ1n) is 9.81. The third-order valence-electron chi connectivity index (χ3n) is 4.61. The Kier molecular flexibility index (Phi) is 6.29. The van der Waals surface area contributed by atoms with Gasteiger partial charge in [0, 0.05) is 22.9 Å². The summed E-state index contributed by atoms with van der Waals surface area (Å²) in [6.45, 7) is 1.75. The van der Waals surface area contributed by atoms with Gasteiger partial charge in [-0.05, 0) is 42.0 Å². The van der Waals surface area contributed by atoms with Crippen molar-refractivity contribution in [3.05, 3.63) is 101 Å². The number of ether oxygens (including phenoxy) is 2. The van der Waals surface area contributed by atoms with Crippen LogP contribution in [0.2, 0.25) is 5.02 Å². The average molecular weight is 430 g/mol. The predicted molar refractivity (Wildman–Crippen MR) is 124 cm³/mol. The number of para-hydroxylation sites is 1. The van der Waals surface area contributed by atoms with Gasteiger partial charge in [0.25, 0.3) is 0 Å². The van der Waals surface area contributed by atoms with Crippen molar-refractivity contribution in [3.63, 3.8) is 0 Å². The van der Waals surface area contributed by atoms with Gasteiger partial charge in [0.15, 0.2) is 0 Å². The molecule has 3 aromatic carbocycles. The molecule has 154 valence electrons. The van der Waals surface area contributed by atoms with E-state index in [4.69, 9.17) is 26.1 Å². The summed E-state index contributed by atoms with van der Waals surface area (Å²) >= 11 is 6.24. The fraction of sp³-hybridized carbons (Fsp3) is 0.0769. The molecule has 0 saturated heterocycles. The topological polar surface area (TPSA) is 48.4 Å². The van der Waals surface area contributed by atoms with Crippen LogP contribution in [0.3, 0.4) is 0 Å². The summed E-state index contributed by atoms with van der Waals surface area (Å²) in [6.07, 6.45) is 3.84. The fourth-order valence-corrected chi connectivity index (χ4v) is 3.33. The Balaban J connectivity index is 1.57. The number of fused-ring (bicyclic) bond motifs is 1. The summed E-state index contributed by atoms with van der Waals surface area (Å²) in [7, 11) is 0. The van der Waals surface area contributed by atoms with Crippen molar-refractivity contribution in [2.75, 3.05) is 0 Å². The first-order valence-corrected chi connectivity index (χ1v) is 10.2. The average Bonchev–Trinajstić information content (AvgIpc) is 2.77. The molecule has 1 heterocycles. The van der Waals surface area contributed by atoms with Gasteiger partial charge in [0.05, 0.1) is 5.69 Å². The lowest BCUT2D eigenvalue weighted by Gasteiger charge is -2.10. The fourth-order valence-electron chi connectivity index (χ4n) is 3.14. The molecule has 0 spiro atoms. The zero-order chi connectivity index (χ0) is 21.6. The molecule has 0 N–H and O–H groups in total. The first kappa shape index (κ1) is 20.6. The number of carbonyl (C=O) groups is 1. The summed E-state index contributed by atoms with van der Waals surface area (Å²) in [5.41, 5.74) is 3.40. The Labute approximate surface area is 185 Å². The van der Waals surface area contributed by atoms with Gasteiger partial charge in [-0.2, -0.15) is 0 Å². The number of carbonyl (C=O) groups excluding carboxylic acids is 1. The zero-order valence-electron chi connectivity index (χ0n) is 16.9. The highest BCUT2D eigenvalue weighted by molar-refractivity contribution is 6.31. The van der Waals surface area contributed by atoms with E-state index in [1.807, 2.05) is 78.9 Å². The number of aromatic nitrogens is 1. The SMILES string of the molecule is CC(=O)Oc1cccc(/C=C/c2ccc3cccc(OCc4ccccc4Cl)c3n2)c1. The van der Waals surface area contributed by atoms with E-state index >= 15 is 0 Å². The van der Waals surface area contributed by atoms with Crippen molar-refractivity contribution >= 4 is 40.6 Å². The molecular formula is C26H20ClNO3. The number of pyridine rings is 1. The standard InChI is InChI=1S/C26H20ClNO3/c1-18(29)31-23-9-4-6-19(16-23)12-14-22-15-13-20-8-5-11-25(26(20)28-22)30-17-21-7-2-3-10-24(21)27/h2-16H,17H2,1H3/b14-12+. The predicted octanol–water partition coefficient (Wildman–Crippen LogP) is 6.56. The van der Waals surface area contributed by atoms with Crippen LogP contribution < -0.4 is 9.47 Å². The monoisotopic (exact) mass is 429 g/mol. The summed E-state index contributed by atoms with van der Waals surface area (Å²) in [5, 5.41) is 1.67. The van der Waals surface area contributed by atoms with Gasteiger partial charge in [-0.25, -0.2) is 4.98 Å². The lowest BCUT2D eigenvalue weighted by molar-refractivity contribution is -0.131. The molecule has 0 saturated carbocycles. The van der Waals surface area contributed by atoms with Gasteiger partial charge in [-0.1, -0.05) is 66.2 Å². The highest BCUT2D eigenvalue weighted by Crippen LogP contribution is 2.26.